The number of rotatable bonds is 6. The molecule has 0 aromatic carbocycles. The molecule has 0 saturated heterocycles. The topological polar surface area (TPSA) is 85.1 Å². The average molecular weight is 360 g/mol. The molecule has 2 aliphatic rings. The minimum Gasteiger partial charge on any atom is -0.383 e. The zero-order valence-electron chi connectivity index (χ0n) is 11.0. The summed E-state index contributed by atoms with van der Waals surface area (Å²) >= 11 is 3.22. The van der Waals surface area contributed by atoms with Gasteiger partial charge in [-0.3, -0.25) is 0 Å². The lowest BCUT2D eigenvalue weighted by Crippen LogP contribution is -2.31. The predicted molar refractivity (Wildman–Crippen MR) is 80.5 cm³/mol. The van der Waals surface area contributed by atoms with Gasteiger partial charge in [0.1, 0.15) is 10.7 Å². The molecule has 0 atom stereocenters. The summed E-state index contributed by atoms with van der Waals surface area (Å²) in [4.78, 5) is 3.93. The Kier molecular flexibility index (Phi) is 3.77. The highest BCUT2D eigenvalue weighted by Crippen LogP contribution is 2.48. The van der Waals surface area contributed by atoms with E-state index in [1.165, 1.54) is 37.9 Å². The molecule has 7 heteroatoms. The summed E-state index contributed by atoms with van der Waals surface area (Å²) in [6.45, 7) is 0.517. The van der Waals surface area contributed by atoms with Gasteiger partial charge >= 0.3 is 0 Å². The van der Waals surface area contributed by atoms with Crippen molar-refractivity contribution in [2.24, 2.45) is 17.8 Å². The summed E-state index contributed by atoms with van der Waals surface area (Å²) in [5.74, 6) is 1.95. The first kappa shape index (κ1) is 14.3. The van der Waals surface area contributed by atoms with E-state index in [1.807, 2.05) is 0 Å². The van der Waals surface area contributed by atoms with Crippen LogP contribution in [0.5, 0.6) is 0 Å². The van der Waals surface area contributed by atoms with Crippen molar-refractivity contribution in [2.45, 2.75) is 30.6 Å². The minimum absolute atomic E-state index is 0.0371. The molecule has 0 bridgehead atoms. The molecule has 0 unspecified atom stereocenters. The molecule has 2 fully saturated rings. The van der Waals surface area contributed by atoms with E-state index in [0.29, 0.717) is 28.8 Å². The van der Waals surface area contributed by atoms with Gasteiger partial charge in [-0.2, -0.15) is 0 Å². The molecule has 110 valence electrons. The molecule has 0 radical (unpaired) electrons. The van der Waals surface area contributed by atoms with Crippen LogP contribution >= 0.6 is 15.9 Å². The highest BCUT2D eigenvalue weighted by Gasteiger charge is 2.41. The Morgan fingerprint density at radius 3 is 2.50 bits per heavy atom. The van der Waals surface area contributed by atoms with Gasteiger partial charge in [0.05, 0.1) is 0 Å². The van der Waals surface area contributed by atoms with E-state index in [-0.39, 0.29) is 10.7 Å². The number of aromatic nitrogens is 1. The number of anilines is 1. The molecule has 3 N–H and O–H groups in total. The lowest BCUT2D eigenvalue weighted by atomic mass is 9.99. The van der Waals surface area contributed by atoms with Crippen molar-refractivity contribution in [2.75, 3.05) is 12.3 Å². The standard InChI is InChI=1S/C13H18BrN3O2S/c14-10-5-12(13(15)16-6-10)20(18,19)17-7-11(8-1-2-8)9-3-4-9/h5-6,8-9,11,17H,1-4,7H2,(H2,15,16). The smallest absolute Gasteiger partial charge is 0.244 e. The molecule has 1 heterocycles. The summed E-state index contributed by atoms with van der Waals surface area (Å²) in [5.41, 5.74) is 5.68. The monoisotopic (exact) mass is 359 g/mol. The van der Waals surface area contributed by atoms with Crippen LogP contribution < -0.4 is 10.5 Å². The Hall–Kier alpha value is -0.660. The van der Waals surface area contributed by atoms with Crippen LogP contribution in [0, 0.1) is 17.8 Å². The predicted octanol–water partition coefficient (Wildman–Crippen LogP) is 2.14. The van der Waals surface area contributed by atoms with Gasteiger partial charge in [-0.15, -0.1) is 0 Å². The third-order valence-electron chi connectivity index (χ3n) is 4.10. The van der Waals surface area contributed by atoms with Crippen molar-refractivity contribution >= 4 is 31.8 Å². The Labute approximate surface area is 127 Å². The van der Waals surface area contributed by atoms with E-state index in [4.69, 9.17) is 5.73 Å². The van der Waals surface area contributed by atoms with Gasteiger partial charge < -0.3 is 5.73 Å². The van der Waals surface area contributed by atoms with Crippen molar-refractivity contribution < 1.29 is 8.42 Å². The van der Waals surface area contributed by atoms with Crippen LogP contribution in [0.2, 0.25) is 0 Å². The number of nitrogen functional groups attached to an aromatic ring is 1. The first-order valence-corrected chi connectivity index (χ1v) is 9.15. The summed E-state index contributed by atoms with van der Waals surface area (Å²) in [5, 5.41) is 0. The summed E-state index contributed by atoms with van der Waals surface area (Å²) < 4.78 is 28.0. The second kappa shape index (κ2) is 5.27. The van der Waals surface area contributed by atoms with Gasteiger partial charge in [-0.1, -0.05) is 0 Å². The number of sulfonamides is 1. The normalized spacial score (nSPS) is 19.5. The SMILES string of the molecule is Nc1ncc(Br)cc1S(=O)(=O)NCC(C1CC1)C1CC1. The fourth-order valence-corrected chi connectivity index (χ4v) is 4.36. The number of hydrogen-bond donors (Lipinski definition) is 2. The van der Waals surface area contributed by atoms with E-state index in [0.717, 1.165) is 0 Å². The zero-order valence-corrected chi connectivity index (χ0v) is 13.5. The highest BCUT2D eigenvalue weighted by molar-refractivity contribution is 9.10. The van der Waals surface area contributed by atoms with Gasteiger partial charge in [0.2, 0.25) is 10.0 Å². The lowest BCUT2D eigenvalue weighted by molar-refractivity contribution is 0.401. The van der Waals surface area contributed by atoms with Crippen molar-refractivity contribution in [3.05, 3.63) is 16.7 Å². The second-order valence-corrected chi connectivity index (χ2v) is 8.38. The Morgan fingerprint density at radius 1 is 1.35 bits per heavy atom. The van der Waals surface area contributed by atoms with Crippen molar-refractivity contribution in [1.29, 1.82) is 0 Å². The highest BCUT2D eigenvalue weighted by atomic mass is 79.9. The molecule has 0 aliphatic heterocycles. The van der Waals surface area contributed by atoms with Gasteiger partial charge in [0.25, 0.3) is 0 Å². The maximum absolute atomic E-state index is 12.3. The van der Waals surface area contributed by atoms with Crippen LogP contribution in [0.25, 0.3) is 0 Å². The van der Waals surface area contributed by atoms with Crippen LogP contribution in [0.15, 0.2) is 21.6 Å². The Balaban J connectivity index is 1.73. The van der Waals surface area contributed by atoms with Crippen molar-refractivity contribution in [3.8, 4) is 0 Å². The van der Waals surface area contributed by atoms with Crippen LogP contribution in [0.3, 0.4) is 0 Å². The summed E-state index contributed by atoms with van der Waals surface area (Å²) in [6, 6.07) is 1.49. The van der Waals surface area contributed by atoms with E-state index in [2.05, 4.69) is 25.6 Å². The molecular formula is C13H18BrN3O2S. The van der Waals surface area contributed by atoms with Crippen LogP contribution in [-0.4, -0.2) is 19.9 Å². The quantitative estimate of drug-likeness (QED) is 0.814. The molecule has 0 amide bonds. The number of halogens is 1. The first-order chi connectivity index (χ1) is 9.47. The first-order valence-electron chi connectivity index (χ1n) is 6.88. The fourth-order valence-electron chi connectivity index (χ4n) is 2.70. The summed E-state index contributed by atoms with van der Waals surface area (Å²) in [7, 11) is -3.59. The lowest BCUT2D eigenvalue weighted by Gasteiger charge is -2.16. The second-order valence-electron chi connectivity index (χ2n) is 5.73. The van der Waals surface area contributed by atoms with E-state index in [1.54, 1.807) is 0 Å². The Morgan fingerprint density at radius 2 is 1.95 bits per heavy atom. The van der Waals surface area contributed by atoms with Crippen LogP contribution in [0.4, 0.5) is 5.82 Å². The average Bonchev–Trinajstić information content (AvgIpc) is 3.25. The van der Waals surface area contributed by atoms with Crippen molar-refractivity contribution in [3.63, 3.8) is 0 Å². The zero-order chi connectivity index (χ0) is 14.3. The van der Waals surface area contributed by atoms with E-state index >= 15 is 0 Å². The molecule has 1 aromatic heterocycles. The summed E-state index contributed by atoms with van der Waals surface area (Å²) in [6.07, 6.45) is 6.45. The molecule has 2 aliphatic carbocycles. The number of pyridine rings is 1. The third-order valence-corrected chi connectivity index (χ3v) is 5.99. The minimum atomic E-state index is -3.59. The number of nitrogens with two attached hydrogens (primary N) is 1. The number of nitrogens with one attached hydrogen (secondary N) is 1. The number of hydrogen-bond acceptors (Lipinski definition) is 4. The molecule has 1 aromatic rings. The van der Waals surface area contributed by atoms with Gasteiger partial charge in [0, 0.05) is 17.2 Å². The van der Waals surface area contributed by atoms with Crippen LogP contribution in [-0.2, 0) is 10.0 Å². The number of nitrogens with zero attached hydrogens (tertiary/aromatic N) is 1. The third kappa shape index (κ3) is 3.15. The van der Waals surface area contributed by atoms with Crippen molar-refractivity contribution in [1.82, 2.24) is 9.71 Å². The fraction of sp³-hybridized carbons (Fsp3) is 0.615. The molecule has 2 saturated carbocycles. The van der Waals surface area contributed by atoms with E-state index in [9.17, 15) is 8.42 Å². The molecule has 3 rings (SSSR count). The maximum atomic E-state index is 12.3. The molecular weight excluding hydrogens is 342 g/mol. The molecule has 0 spiro atoms. The Bertz CT molecular complexity index is 600. The largest absolute Gasteiger partial charge is 0.383 e. The van der Waals surface area contributed by atoms with Gasteiger partial charge in [-0.25, -0.2) is 18.1 Å². The van der Waals surface area contributed by atoms with Crippen LogP contribution in [0.1, 0.15) is 25.7 Å². The van der Waals surface area contributed by atoms with E-state index < -0.39 is 10.0 Å². The molecule has 20 heavy (non-hydrogen) atoms. The molecule has 5 nitrogen and oxygen atoms in total. The van der Waals surface area contributed by atoms with Gasteiger partial charge in [-0.05, 0) is 65.4 Å². The van der Waals surface area contributed by atoms with Gasteiger partial charge in [0.15, 0.2) is 0 Å². The maximum Gasteiger partial charge on any atom is 0.244 e.